The first-order valence-electron chi connectivity index (χ1n) is 6.15. The van der Waals surface area contributed by atoms with Crippen LogP contribution >= 0.6 is 0 Å². The van der Waals surface area contributed by atoms with Gasteiger partial charge in [0.05, 0.1) is 7.11 Å². The lowest BCUT2D eigenvalue weighted by molar-refractivity contribution is 0.104. The first-order chi connectivity index (χ1) is 9.74. The van der Waals surface area contributed by atoms with Crippen LogP contribution in [0.25, 0.3) is 6.08 Å². The quantitative estimate of drug-likeness (QED) is 0.473. The molecule has 0 saturated carbocycles. The summed E-state index contributed by atoms with van der Waals surface area (Å²) in [5.41, 5.74) is 1.86. The zero-order chi connectivity index (χ0) is 14.4. The van der Waals surface area contributed by atoms with Gasteiger partial charge in [0.1, 0.15) is 5.75 Å². The number of benzene rings is 2. The summed E-state index contributed by atoms with van der Waals surface area (Å²) in [5, 5.41) is 0. The highest BCUT2D eigenvalue weighted by atomic mass is 16.5. The molecule has 0 atom stereocenters. The van der Waals surface area contributed by atoms with Gasteiger partial charge in [-0.15, -0.1) is 0 Å². The Morgan fingerprint density at radius 2 is 1.65 bits per heavy atom. The van der Waals surface area contributed by atoms with Crippen LogP contribution in [0.15, 0.2) is 54.6 Å². The molecule has 0 aliphatic carbocycles. The van der Waals surface area contributed by atoms with Crippen molar-refractivity contribution in [2.45, 2.75) is 0 Å². The maximum Gasteiger partial charge on any atom is 0.185 e. The van der Waals surface area contributed by atoms with Gasteiger partial charge >= 0.3 is 0 Å². The number of allylic oxidation sites excluding steroid dienone is 1. The Morgan fingerprint density at radius 1 is 1.00 bits per heavy atom. The Labute approximate surface area is 117 Å². The molecule has 3 heteroatoms. The van der Waals surface area contributed by atoms with E-state index < -0.39 is 0 Å². The summed E-state index contributed by atoms with van der Waals surface area (Å²) in [7, 11) is 1.58. The lowest BCUT2D eigenvalue weighted by Crippen LogP contribution is -1.94. The fourth-order valence-electron chi connectivity index (χ4n) is 1.79. The highest BCUT2D eigenvalue weighted by Crippen LogP contribution is 2.13. The van der Waals surface area contributed by atoms with Crippen LogP contribution in [0, 0.1) is 0 Å². The summed E-state index contributed by atoms with van der Waals surface area (Å²) in [6.45, 7) is 0. The van der Waals surface area contributed by atoms with Crippen molar-refractivity contribution >= 4 is 18.1 Å². The molecule has 0 unspecified atom stereocenters. The first kappa shape index (κ1) is 13.7. The largest absolute Gasteiger partial charge is 0.497 e. The van der Waals surface area contributed by atoms with Crippen LogP contribution in [-0.2, 0) is 0 Å². The number of hydrogen-bond acceptors (Lipinski definition) is 3. The van der Waals surface area contributed by atoms with Gasteiger partial charge in [0.2, 0.25) is 0 Å². The van der Waals surface area contributed by atoms with Crippen molar-refractivity contribution in [1.29, 1.82) is 0 Å². The molecule has 0 amide bonds. The average molecular weight is 266 g/mol. The van der Waals surface area contributed by atoms with Crippen LogP contribution in [0.4, 0.5) is 0 Å². The van der Waals surface area contributed by atoms with E-state index in [1.807, 2.05) is 6.07 Å². The molecule has 0 saturated heterocycles. The lowest BCUT2D eigenvalue weighted by atomic mass is 10.1. The average Bonchev–Trinajstić information content (AvgIpc) is 2.53. The van der Waals surface area contributed by atoms with Crippen molar-refractivity contribution in [2.24, 2.45) is 0 Å². The Kier molecular flexibility index (Phi) is 4.45. The van der Waals surface area contributed by atoms with Gasteiger partial charge in [-0.25, -0.2) is 0 Å². The van der Waals surface area contributed by atoms with E-state index in [2.05, 4.69) is 0 Å². The molecule has 0 fully saturated rings. The molecule has 0 bridgehead atoms. The molecule has 2 rings (SSSR count). The Balaban J connectivity index is 2.17. The van der Waals surface area contributed by atoms with E-state index in [4.69, 9.17) is 4.74 Å². The smallest absolute Gasteiger partial charge is 0.185 e. The van der Waals surface area contributed by atoms with Gasteiger partial charge in [-0.3, -0.25) is 9.59 Å². The van der Waals surface area contributed by atoms with Gasteiger partial charge in [-0.05, 0) is 35.9 Å². The second kappa shape index (κ2) is 6.48. The second-order valence-electron chi connectivity index (χ2n) is 4.17. The molecular formula is C17H14O3. The van der Waals surface area contributed by atoms with Gasteiger partial charge in [0.25, 0.3) is 0 Å². The van der Waals surface area contributed by atoms with Gasteiger partial charge in [0.15, 0.2) is 12.1 Å². The minimum atomic E-state index is -0.117. The fraction of sp³-hybridized carbons (Fsp3) is 0.0588. The van der Waals surface area contributed by atoms with Crippen LogP contribution in [0.1, 0.15) is 26.3 Å². The number of ether oxygens (including phenoxy) is 1. The minimum absolute atomic E-state index is 0.117. The molecule has 0 heterocycles. The number of rotatable bonds is 5. The SMILES string of the molecule is COc1ccc(C(=O)C=Cc2ccccc2C=O)cc1. The molecule has 0 spiro atoms. The van der Waals surface area contributed by atoms with Gasteiger partial charge in [-0.1, -0.05) is 30.3 Å². The monoisotopic (exact) mass is 266 g/mol. The maximum atomic E-state index is 12.0. The summed E-state index contributed by atoms with van der Waals surface area (Å²) in [6.07, 6.45) is 3.89. The highest BCUT2D eigenvalue weighted by Gasteiger charge is 2.02. The van der Waals surface area contributed by atoms with E-state index in [-0.39, 0.29) is 5.78 Å². The number of aldehydes is 1. The number of carbonyl (C=O) groups excluding carboxylic acids is 2. The zero-order valence-electron chi connectivity index (χ0n) is 11.1. The fourth-order valence-corrected chi connectivity index (χ4v) is 1.79. The number of carbonyl (C=O) groups is 2. The van der Waals surface area contributed by atoms with E-state index in [0.717, 1.165) is 11.8 Å². The van der Waals surface area contributed by atoms with Crippen molar-refractivity contribution in [3.63, 3.8) is 0 Å². The normalized spacial score (nSPS) is 10.4. The molecule has 3 nitrogen and oxygen atoms in total. The lowest BCUT2D eigenvalue weighted by Gasteiger charge is -2.00. The Bertz CT molecular complexity index is 640. The summed E-state index contributed by atoms with van der Waals surface area (Å²) in [6, 6.07) is 14.0. The minimum Gasteiger partial charge on any atom is -0.497 e. The predicted octanol–water partition coefficient (Wildman–Crippen LogP) is 3.40. The number of ketones is 1. The van der Waals surface area contributed by atoms with Crippen molar-refractivity contribution in [3.05, 3.63) is 71.3 Å². The predicted molar refractivity (Wildman–Crippen MR) is 78.2 cm³/mol. The molecule has 0 aliphatic rings. The summed E-state index contributed by atoms with van der Waals surface area (Å²) in [5.74, 6) is 0.588. The Morgan fingerprint density at radius 3 is 2.25 bits per heavy atom. The molecule has 0 N–H and O–H groups in total. The van der Waals surface area contributed by atoms with Crippen LogP contribution in [-0.4, -0.2) is 19.2 Å². The van der Waals surface area contributed by atoms with E-state index in [9.17, 15) is 9.59 Å². The molecule has 0 radical (unpaired) electrons. The summed E-state index contributed by atoms with van der Waals surface area (Å²) >= 11 is 0. The second-order valence-corrected chi connectivity index (χ2v) is 4.17. The molecule has 20 heavy (non-hydrogen) atoms. The standard InChI is InChI=1S/C17H14O3/c1-20-16-9-6-14(7-10-16)17(19)11-8-13-4-2-3-5-15(13)12-18/h2-12H,1H3. The van der Waals surface area contributed by atoms with Crippen molar-refractivity contribution < 1.29 is 14.3 Å². The molecule has 2 aromatic carbocycles. The van der Waals surface area contributed by atoms with E-state index in [0.29, 0.717) is 16.9 Å². The summed E-state index contributed by atoms with van der Waals surface area (Å²) in [4.78, 5) is 22.9. The number of methoxy groups -OCH3 is 1. The third kappa shape index (κ3) is 3.20. The third-order valence-corrected chi connectivity index (χ3v) is 2.91. The number of hydrogen-bond donors (Lipinski definition) is 0. The van der Waals surface area contributed by atoms with E-state index in [1.165, 1.54) is 6.08 Å². The molecule has 100 valence electrons. The van der Waals surface area contributed by atoms with E-state index in [1.54, 1.807) is 55.7 Å². The van der Waals surface area contributed by atoms with Gasteiger partial charge in [-0.2, -0.15) is 0 Å². The summed E-state index contributed by atoms with van der Waals surface area (Å²) < 4.78 is 5.04. The molecule has 0 aliphatic heterocycles. The first-order valence-corrected chi connectivity index (χ1v) is 6.15. The van der Waals surface area contributed by atoms with Crippen molar-refractivity contribution in [3.8, 4) is 5.75 Å². The topological polar surface area (TPSA) is 43.4 Å². The third-order valence-electron chi connectivity index (χ3n) is 2.91. The van der Waals surface area contributed by atoms with Gasteiger partial charge in [0, 0.05) is 11.1 Å². The Hall–Kier alpha value is -2.68. The van der Waals surface area contributed by atoms with Crippen LogP contribution in [0.5, 0.6) is 5.75 Å². The van der Waals surface area contributed by atoms with Crippen molar-refractivity contribution in [1.82, 2.24) is 0 Å². The maximum absolute atomic E-state index is 12.0. The van der Waals surface area contributed by atoms with Gasteiger partial charge < -0.3 is 4.74 Å². The molecule has 2 aromatic rings. The van der Waals surface area contributed by atoms with Crippen molar-refractivity contribution in [2.75, 3.05) is 7.11 Å². The van der Waals surface area contributed by atoms with Crippen LogP contribution in [0.3, 0.4) is 0 Å². The van der Waals surface area contributed by atoms with Crippen LogP contribution in [0.2, 0.25) is 0 Å². The highest BCUT2D eigenvalue weighted by molar-refractivity contribution is 6.07. The zero-order valence-corrected chi connectivity index (χ0v) is 11.1. The van der Waals surface area contributed by atoms with E-state index >= 15 is 0 Å². The molecule has 0 aromatic heterocycles. The molecular weight excluding hydrogens is 252 g/mol. The van der Waals surface area contributed by atoms with Crippen LogP contribution < -0.4 is 4.74 Å².